The predicted octanol–water partition coefficient (Wildman–Crippen LogP) is 7.85. The number of hydrogen-bond donors (Lipinski definition) is 1. The zero-order valence-electron chi connectivity index (χ0n) is 25.4. The van der Waals surface area contributed by atoms with Crippen molar-refractivity contribution in [3.63, 3.8) is 0 Å². The quantitative estimate of drug-likeness (QED) is 0.192. The van der Waals surface area contributed by atoms with E-state index in [1.54, 1.807) is 12.3 Å². The van der Waals surface area contributed by atoms with Gasteiger partial charge in [0.2, 0.25) is 0 Å². The average molecular weight is 606 g/mol. The fraction of sp³-hybridized carbons (Fsp3) is 0.333. The number of aryl methyl sites for hydroxylation is 2. The van der Waals surface area contributed by atoms with Crippen molar-refractivity contribution in [1.82, 2.24) is 24.4 Å². The highest BCUT2D eigenvalue weighted by Gasteiger charge is 2.44. The van der Waals surface area contributed by atoms with E-state index in [2.05, 4.69) is 32.5 Å². The molecule has 3 heterocycles. The maximum atomic E-state index is 13.9. The molecule has 7 nitrogen and oxygen atoms in total. The maximum Gasteiger partial charge on any atom is 0.252 e. The van der Waals surface area contributed by atoms with Gasteiger partial charge >= 0.3 is 0 Å². The minimum absolute atomic E-state index is 0.00380. The number of pyridine rings is 1. The molecular formula is C36H36ClN5O2. The highest BCUT2D eigenvalue weighted by atomic mass is 35.5. The highest BCUT2D eigenvalue weighted by Crippen LogP contribution is 2.45. The molecule has 0 saturated heterocycles. The van der Waals surface area contributed by atoms with Crippen LogP contribution in [0.1, 0.15) is 85.1 Å². The maximum absolute atomic E-state index is 13.9. The van der Waals surface area contributed by atoms with E-state index >= 15 is 0 Å². The molecule has 1 N–H and O–H groups in total. The Labute approximate surface area is 262 Å². The van der Waals surface area contributed by atoms with E-state index in [1.165, 1.54) is 30.7 Å². The highest BCUT2D eigenvalue weighted by molar-refractivity contribution is 6.30. The minimum atomic E-state index is -0.531. The summed E-state index contributed by atoms with van der Waals surface area (Å²) < 4.78 is 4.28. The molecule has 224 valence electrons. The number of imidazole rings is 1. The fourth-order valence-electron chi connectivity index (χ4n) is 7.25. The zero-order valence-corrected chi connectivity index (χ0v) is 26.1. The number of nitrogens with one attached hydrogen (secondary N) is 1. The van der Waals surface area contributed by atoms with Gasteiger partial charge in [0.1, 0.15) is 5.82 Å². The molecule has 7 rings (SSSR count). The van der Waals surface area contributed by atoms with Crippen LogP contribution in [0.3, 0.4) is 0 Å². The van der Waals surface area contributed by atoms with Crippen LogP contribution in [-0.4, -0.2) is 30.8 Å². The lowest BCUT2D eigenvalue weighted by atomic mass is 9.75. The molecule has 0 unspecified atom stereocenters. The summed E-state index contributed by atoms with van der Waals surface area (Å²) in [6, 6.07) is 16.0. The smallest absolute Gasteiger partial charge is 0.252 e. The molecule has 2 saturated carbocycles. The van der Waals surface area contributed by atoms with E-state index in [1.807, 2.05) is 55.6 Å². The molecule has 0 radical (unpaired) electrons. The number of amides is 1. The van der Waals surface area contributed by atoms with Crippen molar-refractivity contribution >= 4 is 51.3 Å². The number of ketones is 1. The second kappa shape index (κ2) is 11.0. The first-order chi connectivity index (χ1) is 21.2. The standard InChI is InChI=1S/C36H36ClN5O2/c1-22(43)9-10-23-11-16-30-29(19-23)39-35(42(30)3)36(17-6-18-36)40-34(44)25-12-14-27-31(20-25)41(2)33(28-15-13-26(37)21-38-28)32(27)24-7-4-5-8-24/h9-16,19-21,24H,4-8,17-18H2,1-3H3,(H,40,44)/b10-9+. The zero-order chi connectivity index (χ0) is 30.6. The number of allylic oxidation sites excluding steroid dienone is 1. The molecule has 0 bridgehead atoms. The second-order valence-electron chi connectivity index (χ2n) is 12.5. The molecular weight excluding hydrogens is 570 g/mol. The summed E-state index contributed by atoms with van der Waals surface area (Å²) in [6.07, 6.45) is 12.6. The van der Waals surface area contributed by atoms with Crippen molar-refractivity contribution in [1.29, 1.82) is 0 Å². The first-order valence-electron chi connectivity index (χ1n) is 15.5. The Morgan fingerprint density at radius 1 is 0.977 bits per heavy atom. The number of carbonyl (C=O) groups is 2. The van der Waals surface area contributed by atoms with E-state index in [0.717, 1.165) is 71.4 Å². The summed E-state index contributed by atoms with van der Waals surface area (Å²) in [5, 5.41) is 5.20. The normalized spacial score (nSPS) is 16.6. The molecule has 3 aromatic heterocycles. The average Bonchev–Trinajstić information content (AvgIpc) is 3.71. The predicted molar refractivity (Wildman–Crippen MR) is 176 cm³/mol. The molecule has 0 spiro atoms. The summed E-state index contributed by atoms with van der Waals surface area (Å²) in [4.78, 5) is 35.1. The van der Waals surface area contributed by atoms with Crippen molar-refractivity contribution in [2.75, 3.05) is 0 Å². The van der Waals surface area contributed by atoms with Gasteiger partial charge in [0.15, 0.2) is 5.78 Å². The Morgan fingerprint density at radius 3 is 2.45 bits per heavy atom. The number of halogens is 1. The van der Waals surface area contributed by atoms with E-state index in [4.69, 9.17) is 16.6 Å². The summed E-state index contributed by atoms with van der Waals surface area (Å²) in [5.74, 6) is 1.24. The van der Waals surface area contributed by atoms with Crippen molar-refractivity contribution < 1.29 is 9.59 Å². The first-order valence-corrected chi connectivity index (χ1v) is 15.8. The number of hydrogen-bond acceptors (Lipinski definition) is 4. The van der Waals surface area contributed by atoms with Crippen LogP contribution in [0.25, 0.3) is 39.4 Å². The van der Waals surface area contributed by atoms with Gasteiger partial charge in [0, 0.05) is 36.8 Å². The Morgan fingerprint density at radius 2 is 1.77 bits per heavy atom. The molecule has 2 aromatic carbocycles. The third-order valence-electron chi connectivity index (χ3n) is 9.64. The van der Waals surface area contributed by atoms with Crippen LogP contribution in [0.4, 0.5) is 0 Å². The van der Waals surface area contributed by atoms with Gasteiger partial charge in [0.25, 0.3) is 5.91 Å². The summed E-state index contributed by atoms with van der Waals surface area (Å²) in [6.45, 7) is 1.54. The largest absolute Gasteiger partial charge is 0.342 e. The van der Waals surface area contributed by atoms with Crippen LogP contribution >= 0.6 is 11.6 Å². The van der Waals surface area contributed by atoms with Gasteiger partial charge < -0.3 is 14.5 Å². The minimum Gasteiger partial charge on any atom is -0.342 e. The lowest BCUT2D eigenvalue weighted by Gasteiger charge is -2.41. The van der Waals surface area contributed by atoms with Gasteiger partial charge in [-0.1, -0.05) is 42.7 Å². The Hall–Kier alpha value is -4.23. The fourth-order valence-corrected chi connectivity index (χ4v) is 7.36. The number of aromatic nitrogens is 4. The SMILES string of the molecule is CC(=O)/C=C/c1ccc2c(c1)nc(C1(NC(=O)c3ccc4c(C5CCCC5)c(-c5ccc(Cl)cn5)n(C)c4c3)CCC1)n2C. The van der Waals surface area contributed by atoms with Gasteiger partial charge in [-0.3, -0.25) is 14.6 Å². The lowest BCUT2D eigenvalue weighted by molar-refractivity contribution is -0.112. The molecule has 2 fully saturated rings. The molecule has 2 aliphatic rings. The van der Waals surface area contributed by atoms with Crippen LogP contribution in [0.5, 0.6) is 0 Å². The molecule has 5 aromatic rings. The lowest BCUT2D eigenvalue weighted by Crippen LogP contribution is -2.52. The molecule has 2 aliphatic carbocycles. The van der Waals surface area contributed by atoms with Gasteiger partial charge in [-0.2, -0.15) is 0 Å². The molecule has 8 heteroatoms. The van der Waals surface area contributed by atoms with Crippen LogP contribution in [0.15, 0.2) is 60.8 Å². The van der Waals surface area contributed by atoms with Gasteiger partial charge in [-0.05, 0) is 98.5 Å². The summed E-state index contributed by atoms with van der Waals surface area (Å²) in [5.41, 5.74) is 7.23. The van der Waals surface area contributed by atoms with E-state index in [9.17, 15) is 9.59 Å². The molecule has 0 atom stereocenters. The van der Waals surface area contributed by atoms with Gasteiger partial charge in [0.05, 0.1) is 33.0 Å². The summed E-state index contributed by atoms with van der Waals surface area (Å²) in [7, 11) is 4.08. The van der Waals surface area contributed by atoms with E-state index in [-0.39, 0.29) is 11.7 Å². The number of benzene rings is 2. The number of fused-ring (bicyclic) bond motifs is 2. The second-order valence-corrected chi connectivity index (χ2v) is 12.9. The van der Waals surface area contributed by atoms with Crippen molar-refractivity contribution in [2.24, 2.45) is 14.1 Å². The third kappa shape index (κ3) is 4.84. The summed E-state index contributed by atoms with van der Waals surface area (Å²) >= 11 is 6.18. The topological polar surface area (TPSA) is 81.8 Å². The number of nitrogens with zero attached hydrogens (tertiary/aromatic N) is 4. The third-order valence-corrected chi connectivity index (χ3v) is 9.86. The molecule has 44 heavy (non-hydrogen) atoms. The van der Waals surface area contributed by atoms with Gasteiger partial charge in [-0.15, -0.1) is 0 Å². The van der Waals surface area contributed by atoms with Crippen molar-refractivity contribution in [3.05, 3.63) is 88.3 Å². The van der Waals surface area contributed by atoms with Crippen molar-refractivity contribution in [2.45, 2.75) is 63.3 Å². The molecule has 0 aliphatic heterocycles. The van der Waals surface area contributed by atoms with Crippen LogP contribution in [0.2, 0.25) is 5.02 Å². The Kier molecular flexibility index (Phi) is 7.16. The number of carbonyl (C=O) groups excluding carboxylic acids is 2. The Bertz CT molecular complexity index is 1960. The van der Waals surface area contributed by atoms with Crippen LogP contribution < -0.4 is 5.32 Å². The van der Waals surface area contributed by atoms with Crippen LogP contribution in [-0.2, 0) is 24.4 Å². The van der Waals surface area contributed by atoms with E-state index in [0.29, 0.717) is 16.5 Å². The Balaban J connectivity index is 1.24. The monoisotopic (exact) mass is 605 g/mol. The van der Waals surface area contributed by atoms with Crippen LogP contribution in [0, 0.1) is 0 Å². The van der Waals surface area contributed by atoms with Crippen molar-refractivity contribution in [3.8, 4) is 11.4 Å². The van der Waals surface area contributed by atoms with E-state index < -0.39 is 5.54 Å². The molecule has 1 amide bonds. The van der Waals surface area contributed by atoms with Gasteiger partial charge in [-0.25, -0.2) is 4.98 Å². The first kappa shape index (κ1) is 28.5. The number of rotatable bonds is 7.